The van der Waals surface area contributed by atoms with E-state index in [0.717, 1.165) is 10.2 Å². The summed E-state index contributed by atoms with van der Waals surface area (Å²) in [6.45, 7) is 2.58. The summed E-state index contributed by atoms with van der Waals surface area (Å²) < 4.78 is 6.60. The molecule has 0 atom stereocenters. The van der Waals surface area contributed by atoms with Crippen molar-refractivity contribution in [2.24, 2.45) is 5.73 Å². The van der Waals surface area contributed by atoms with E-state index in [0.29, 0.717) is 6.54 Å². The van der Waals surface area contributed by atoms with Gasteiger partial charge in [-0.2, -0.15) is 4.37 Å². The van der Waals surface area contributed by atoms with E-state index >= 15 is 0 Å². The fourth-order valence-electron chi connectivity index (χ4n) is 1.33. The molecule has 13 heavy (non-hydrogen) atoms. The van der Waals surface area contributed by atoms with Gasteiger partial charge in [0, 0.05) is 16.4 Å². The van der Waals surface area contributed by atoms with E-state index in [1.165, 1.54) is 27.2 Å². The third-order valence-corrected chi connectivity index (χ3v) is 3.76. The molecule has 0 amide bonds. The lowest BCUT2D eigenvalue weighted by Gasteiger charge is -1.97. The zero-order valence-corrected chi connectivity index (χ0v) is 9.58. The van der Waals surface area contributed by atoms with Crippen LogP contribution in [0, 0.1) is 6.92 Å². The van der Waals surface area contributed by atoms with Gasteiger partial charge < -0.3 is 5.73 Å². The molecule has 68 valence electrons. The molecule has 1 aromatic carbocycles. The largest absolute Gasteiger partial charge is 0.325 e. The first-order valence-electron chi connectivity index (χ1n) is 3.97. The van der Waals surface area contributed by atoms with Crippen molar-refractivity contribution >= 4 is 37.5 Å². The predicted molar refractivity (Wildman–Crippen MR) is 59.9 cm³/mol. The lowest BCUT2D eigenvalue weighted by Crippen LogP contribution is -1.96. The Morgan fingerprint density at radius 1 is 1.54 bits per heavy atom. The van der Waals surface area contributed by atoms with Gasteiger partial charge in [0.25, 0.3) is 0 Å². The van der Waals surface area contributed by atoms with Crippen LogP contribution in [-0.4, -0.2) is 4.37 Å². The Labute approximate surface area is 89.1 Å². The number of aromatic nitrogens is 1. The van der Waals surface area contributed by atoms with Crippen LogP contribution in [0.1, 0.15) is 11.3 Å². The second kappa shape index (κ2) is 3.36. The van der Waals surface area contributed by atoms with Gasteiger partial charge in [-0.1, -0.05) is 0 Å². The Hall–Kier alpha value is -0.450. The first-order valence-corrected chi connectivity index (χ1v) is 5.53. The van der Waals surface area contributed by atoms with Crippen molar-refractivity contribution in [1.82, 2.24) is 4.37 Å². The first-order chi connectivity index (χ1) is 6.22. The highest BCUT2D eigenvalue weighted by Gasteiger charge is 2.07. The maximum absolute atomic E-state index is 5.59. The standard InChI is InChI=1S/C9H9BrN2S/c1-5-2-6-8(4-11)12-13-9(6)7(10)3-5/h2-3H,4,11H2,1H3. The van der Waals surface area contributed by atoms with E-state index < -0.39 is 0 Å². The summed E-state index contributed by atoms with van der Waals surface area (Å²) in [5.41, 5.74) is 7.81. The lowest BCUT2D eigenvalue weighted by molar-refractivity contribution is 1.04. The van der Waals surface area contributed by atoms with Gasteiger partial charge >= 0.3 is 0 Å². The molecule has 2 nitrogen and oxygen atoms in total. The summed E-state index contributed by atoms with van der Waals surface area (Å²) >= 11 is 5.02. The lowest BCUT2D eigenvalue weighted by atomic mass is 10.1. The SMILES string of the molecule is Cc1cc(Br)c2snc(CN)c2c1. The molecule has 1 aromatic heterocycles. The predicted octanol–water partition coefficient (Wildman–Crippen LogP) is 2.83. The summed E-state index contributed by atoms with van der Waals surface area (Å²) in [4.78, 5) is 0. The number of nitrogens with zero attached hydrogens (tertiary/aromatic N) is 1. The summed E-state index contributed by atoms with van der Waals surface area (Å²) in [5, 5.41) is 1.18. The average molecular weight is 257 g/mol. The minimum atomic E-state index is 0.510. The number of aryl methyl sites for hydroxylation is 1. The molecule has 0 fully saturated rings. The van der Waals surface area contributed by atoms with E-state index in [1.54, 1.807) is 0 Å². The van der Waals surface area contributed by atoms with Gasteiger partial charge in [-0.25, -0.2) is 0 Å². The molecule has 0 saturated carbocycles. The van der Waals surface area contributed by atoms with Crippen LogP contribution < -0.4 is 5.73 Å². The van der Waals surface area contributed by atoms with Crippen LogP contribution in [-0.2, 0) is 6.54 Å². The van der Waals surface area contributed by atoms with Gasteiger partial charge in [-0.05, 0) is 52.1 Å². The Balaban J connectivity index is 2.82. The molecule has 2 aromatic rings. The molecule has 0 aliphatic carbocycles. The van der Waals surface area contributed by atoms with Crippen LogP contribution in [0.2, 0.25) is 0 Å². The summed E-state index contributed by atoms with van der Waals surface area (Å²) in [6, 6.07) is 4.23. The molecule has 4 heteroatoms. The maximum Gasteiger partial charge on any atom is 0.0757 e. The molecular weight excluding hydrogens is 248 g/mol. The molecule has 0 radical (unpaired) electrons. The highest BCUT2D eigenvalue weighted by atomic mass is 79.9. The third-order valence-electron chi connectivity index (χ3n) is 1.94. The molecule has 2 rings (SSSR count). The number of fused-ring (bicyclic) bond motifs is 1. The van der Waals surface area contributed by atoms with E-state index in [-0.39, 0.29) is 0 Å². The minimum Gasteiger partial charge on any atom is -0.325 e. The van der Waals surface area contributed by atoms with Crippen LogP contribution in [0.4, 0.5) is 0 Å². The molecular formula is C9H9BrN2S. The molecule has 2 N–H and O–H groups in total. The molecule has 1 heterocycles. The third kappa shape index (κ3) is 1.49. The van der Waals surface area contributed by atoms with Crippen molar-refractivity contribution in [3.8, 4) is 0 Å². The molecule has 0 bridgehead atoms. The summed E-state index contributed by atoms with van der Waals surface area (Å²) in [7, 11) is 0. The molecule has 0 aliphatic heterocycles. The second-order valence-electron chi connectivity index (χ2n) is 2.96. The summed E-state index contributed by atoms with van der Waals surface area (Å²) in [6.07, 6.45) is 0. The first kappa shape index (κ1) is 9.12. The van der Waals surface area contributed by atoms with Crippen molar-refractivity contribution in [2.45, 2.75) is 13.5 Å². The summed E-state index contributed by atoms with van der Waals surface area (Å²) in [5.74, 6) is 0. The van der Waals surface area contributed by atoms with Crippen LogP contribution >= 0.6 is 27.5 Å². The normalized spacial score (nSPS) is 11.0. The fourth-order valence-corrected chi connectivity index (χ4v) is 2.92. The quantitative estimate of drug-likeness (QED) is 0.853. The Morgan fingerprint density at radius 3 is 3.00 bits per heavy atom. The van der Waals surface area contributed by atoms with Crippen molar-refractivity contribution in [2.75, 3.05) is 0 Å². The molecule has 0 aliphatic rings. The smallest absolute Gasteiger partial charge is 0.0757 e. The number of benzene rings is 1. The number of hydrogen-bond acceptors (Lipinski definition) is 3. The van der Waals surface area contributed by atoms with Gasteiger partial charge in [0.1, 0.15) is 0 Å². The molecule has 0 unspecified atom stereocenters. The van der Waals surface area contributed by atoms with E-state index in [9.17, 15) is 0 Å². The van der Waals surface area contributed by atoms with Crippen molar-refractivity contribution in [1.29, 1.82) is 0 Å². The Kier molecular flexibility index (Phi) is 2.36. The highest BCUT2D eigenvalue weighted by Crippen LogP contribution is 2.31. The maximum atomic E-state index is 5.59. The van der Waals surface area contributed by atoms with Gasteiger partial charge in [-0.3, -0.25) is 0 Å². The zero-order valence-electron chi connectivity index (χ0n) is 7.17. The average Bonchev–Trinajstić information content (AvgIpc) is 2.47. The number of rotatable bonds is 1. The van der Waals surface area contributed by atoms with Crippen LogP contribution in [0.25, 0.3) is 10.1 Å². The van der Waals surface area contributed by atoms with Crippen LogP contribution in [0.5, 0.6) is 0 Å². The van der Waals surface area contributed by atoms with Crippen molar-refractivity contribution < 1.29 is 0 Å². The number of nitrogens with two attached hydrogens (primary N) is 1. The van der Waals surface area contributed by atoms with Gasteiger partial charge in [0.15, 0.2) is 0 Å². The van der Waals surface area contributed by atoms with Gasteiger partial charge in [-0.15, -0.1) is 0 Å². The topological polar surface area (TPSA) is 38.9 Å². The van der Waals surface area contributed by atoms with E-state index in [4.69, 9.17) is 5.73 Å². The highest BCUT2D eigenvalue weighted by molar-refractivity contribution is 9.10. The second-order valence-corrected chi connectivity index (χ2v) is 4.58. The number of hydrogen-bond donors (Lipinski definition) is 1. The van der Waals surface area contributed by atoms with E-state index in [2.05, 4.69) is 39.4 Å². The van der Waals surface area contributed by atoms with Crippen molar-refractivity contribution in [3.05, 3.63) is 27.9 Å². The minimum absolute atomic E-state index is 0.510. The monoisotopic (exact) mass is 256 g/mol. The fraction of sp³-hybridized carbons (Fsp3) is 0.222. The van der Waals surface area contributed by atoms with Gasteiger partial charge in [0.05, 0.1) is 10.4 Å². The van der Waals surface area contributed by atoms with E-state index in [1.807, 2.05) is 0 Å². The van der Waals surface area contributed by atoms with Crippen molar-refractivity contribution in [3.63, 3.8) is 0 Å². The molecule has 0 saturated heterocycles. The van der Waals surface area contributed by atoms with Gasteiger partial charge in [0.2, 0.25) is 0 Å². The molecule has 0 spiro atoms. The number of halogens is 1. The Morgan fingerprint density at radius 2 is 2.31 bits per heavy atom. The van der Waals surface area contributed by atoms with Crippen LogP contribution in [0.3, 0.4) is 0 Å². The Bertz CT molecular complexity index is 450. The zero-order chi connectivity index (χ0) is 9.42. The van der Waals surface area contributed by atoms with Crippen LogP contribution in [0.15, 0.2) is 16.6 Å².